The predicted octanol–water partition coefficient (Wildman–Crippen LogP) is 2.57. The van der Waals surface area contributed by atoms with Crippen LogP contribution in [0, 0.1) is 0 Å². The van der Waals surface area contributed by atoms with Crippen LogP contribution in [0.1, 0.15) is 37.7 Å². The Morgan fingerprint density at radius 2 is 1.95 bits per heavy atom. The van der Waals surface area contributed by atoms with Crippen molar-refractivity contribution in [1.29, 1.82) is 0 Å². The van der Waals surface area contributed by atoms with Crippen LogP contribution < -0.4 is 10.1 Å². The number of para-hydroxylation sites is 1. The van der Waals surface area contributed by atoms with Crippen LogP contribution in [-0.2, 0) is 10.2 Å². The first-order chi connectivity index (χ1) is 10.6. The number of carbonyl (C=O) groups excluding carboxylic acids is 1. The van der Waals surface area contributed by atoms with Gasteiger partial charge in [-0.05, 0) is 33.0 Å². The van der Waals surface area contributed by atoms with E-state index in [0.717, 1.165) is 25.1 Å². The van der Waals surface area contributed by atoms with Crippen LogP contribution in [0.15, 0.2) is 24.3 Å². The van der Waals surface area contributed by atoms with Gasteiger partial charge in [0.25, 0.3) is 0 Å². The zero-order chi connectivity index (χ0) is 16.0. The van der Waals surface area contributed by atoms with E-state index < -0.39 is 0 Å². The highest BCUT2D eigenvalue weighted by atomic mass is 16.5. The molecule has 1 aliphatic rings. The van der Waals surface area contributed by atoms with Gasteiger partial charge in [0, 0.05) is 30.5 Å². The lowest BCUT2D eigenvalue weighted by atomic mass is 9.78. The minimum atomic E-state index is 0.0282. The standard InChI is InChI=1S/C18H28N2O2/c1-20(2)13-10-17(21)19-14-18(11-6-7-12-18)15-8-4-5-9-16(15)22-3/h4-5,8-9H,6-7,10-14H2,1-3H3,(H,19,21). The summed E-state index contributed by atoms with van der Waals surface area (Å²) in [6.45, 7) is 1.49. The first-order valence-electron chi connectivity index (χ1n) is 8.12. The molecule has 4 nitrogen and oxygen atoms in total. The molecule has 1 amide bonds. The van der Waals surface area contributed by atoms with Crippen molar-refractivity contribution in [2.24, 2.45) is 0 Å². The van der Waals surface area contributed by atoms with E-state index in [9.17, 15) is 4.79 Å². The first-order valence-corrected chi connectivity index (χ1v) is 8.12. The van der Waals surface area contributed by atoms with Gasteiger partial charge in [-0.1, -0.05) is 31.0 Å². The third-order valence-corrected chi connectivity index (χ3v) is 4.65. The fourth-order valence-corrected chi connectivity index (χ4v) is 3.36. The molecule has 4 heteroatoms. The van der Waals surface area contributed by atoms with Crippen molar-refractivity contribution in [3.63, 3.8) is 0 Å². The van der Waals surface area contributed by atoms with Crippen molar-refractivity contribution in [2.45, 2.75) is 37.5 Å². The molecule has 1 aliphatic carbocycles. The van der Waals surface area contributed by atoms with Gasteiger partial charge in [0.2, 0.25) is 5.91 Å². The molecular weight excluding hydrogens is 276 g/mol. The zero-order valence-electron chi connectivity index (χ0n) is 14.0. The molecule has 1 saturated carbocycles. The summed E-state index contributed by atoms with van der Waals surface area (Å²) < 4.78 is 5.55. The third kappa shape index (κ3) is 4.01. The Kier molecular flexibility index (Phi) is 5.83. The summed E-state index contributed by atoms with van der Waals surface area (Å²) in [5.41, 5.74) is 1.27. The molecule has 0 atom stereocenters. The summed E-state index contributed by atoms with van der Waals surface area (Å²) >= 11 is 0. The normalized spacial score (nSPS) is 16.7. The smallest absolute Gasteiger partial charge is 0.221 e. The van der Waals surface area contributed by atoms with Crippen LogP contribution in [0.25, 0.3) is 0 Å². The quantitative estimate of drug-likeness (QED) is 0.842. The molecule has 2 rings (SSSR count). The van der Waals surface area contributed by atoms with Crippen molar-refractivity contribution >= 4 is 5.91 Å². The van der Waals surface area contributed by atoms with Crippen LogP contribution in [0.2, 0.25) is 0 Å². The Morgan fingerprint density at radius 3 is 2.59 bits per heavy atom. The Balaban J connectivity index is 2.07. The lowest BCUT2D eigenvalue weighted by molar-refractivity contribution is -0.121. The summed E-state index contributed by atoms with van der Waals surface area (Å²) in [4.78, 5) is 14.1. The van der Waals surface area contributed by atoms with Gasteiger partial charge in [-0.3, -0.25) is 4.79 Å². The Hall–Kier alpha value is -1.55. The van der Waals surface area contributed by atoms with Crippen molar-refractivity contribution in [3.8, 4) is 5.75 Å². The van der Waals surface area contributed by atoms with E-state index in [1.165, 1.54) is 18.4 Å². The maximum Gasteiger partial charge on any atom is 0.221 e. The van der Waals surface area contributed by atoms with Gasteiger partial charge < -0.3 is 15.0 Å². The van der Waals surface area contributed by atoms with Crippen LogP contribution in [0.4, 0.5) is 0 Å². The molecule has 0 aliphatic heterocycles. The highest BCUT2D eigenvalue weighted by molar-refractivity contribution is 5.76. The van der Waals surface area contributed by atoms with Gasteiger partial charge >= 0.3 is 0 Å². The number of carbonyl (C=O) groups is 1. The molecule has 1 aromatic carbocycles. The number of nitrogens with zero attached hydrogens (tertiary/aromatic N) is 1. The second-order valence-corrected chi connectivity index (χ2v) is 6.52. The minimum absolute atomic E-state index is 0.0282. The predicted molar refractivity (Wildman–Crippen MR) is 89.3 cm³/mol. The number of benzene rings is 1. The topological polar surface area (TPSA) is 41.6 Å². The molecule has 0 spiro atoms. The van der Waals surface area contributed by atoms with Crippen LogP contribution in [0.5, 0.6) is 5.75 Å². The maximum absolute atomic E-state index is 12.1. The second-order valence-electron chi connectivity index (χ2n) is 6.52. The number of ether oxygens (including phenoxy) is 1. The fraction of sp³-hybridized carbons (Fsp3) is 0.611. The molecular formula is C18H28N2O2. The molecule has 0 aromatic heterocycles. The van der Waals surface area contributed by atoms with E-state index in [0.29, 0.717) is 13.0 Å². The maximum atomic E-state index is 12.1. The Labute approximate surface area is 133 Å². The zero-order valence-corrected chi connectivity index (χ0v) is 14.0. The molecule has 1 aromatic rings. The first kappa shape index (κ1) is 16.8. The van der Waals surface area contributed by atoms with Crippen LogP contribution >= 0.6 is 0 Å². The molecule has 0 heterocycles. The summed E-state index contributed by atoms with van der Waals surface area (Å²) in [7, 11) is 5.69. The molecule has 0 radical (unpaired) electrons. The average molecular weight is 304 g/mol. The van der Waals surface area contributed by atoms with Crippen LogP contribution in [-0.4, -0.2) is 45.1 Å². The number of hydrogen-bond donors (Lipinski definition) is 1. The summed E-state index contributed by atoms with van der Waals surface area (Å²) in [6.07, 6.45) is 5.20. The summed E-state index contributed by atoms with van der Waals surface area (Å²) in [5.74, 6) is 1.07. The average Bonchev–Trinajstić information content (AvgIpc) is 3.01. The van der Waals surface area contributed by atoms with Crippen molar-refractivity contribution < 1.29 is 9.53 Å². The van der Waals surface area contributed by atoms with Gasteiger partial charge in [-0.15, -0.1) is 0 Å². The number of nitrogens with one attached hydrogen (secondary N) is 1. The van der Waals surface area contributed by atoms with Gasteiger partial charge in [0.15, 0.2) is 0 Å². The van der Waals surface area contributed by atoms with Crippen molar-refractivity contribution in [1.82, 2.24) is 10.2 Å². The molecule has 122 valence electrons. The molecule has 1 fully saturated rings. The lowest BCUT2D eigenvalue weighted by Crippen LogP contribution is -2.40. The van der Waals surface area contributed by atoms with Gasteiger partial charge in [0.05, 0.1) is 7.11 Å². The second kappa shape index (κ2) is 7.63. The summed E-state index contributed by atoms with van der Waals surface area (Å²) in [6, 6.07) is 8.23. The molecule has 1 N–H and O–H groups in total. The van der Waals surface area contributed by atoms with Gasteiger partial charge in [0.1, 0.15) is 5.75 Å². The third-order valence-electron chi connectivity index (χ3n) is 4.65. The van der Waals surface area contributed by atoms with Crippen molar-refractivity contribution in [3.05, 3.63) is 29.8 Å². The SMILES string of the molecule is COc1ccccc1C1(CNC(=O)CCN(C)C)CCCC1. The molecule has 22 heavy (non-hydrogen) atoms. The minimum Gasteiger partial charge on any atom is -0.496 e. The molecule has 0 unspecified atom stereocenters. The highest BCUT2D eigenvalue weighted by Gasteiger charge is 2.37. The van der Waals surface area contributed by atoms with E-state index in [1.54, 1.807) is 7.11 Å². The Bertz CT molecular complexity index is 494. The largest absolute Gasteiger partial charge is 0.496 e. The van der Waals surface area contributed by atoms with Gasteiger partial charge in [-0.2, -0.15) is 0 Å². The lowest BCUT2D eigenvalue weighted by Gasteiger charge is -2.31. The van der Waals surface area contributed by atoms with E-state index >= 15 is 0 Å². The molecule has 0 saturated heterocycles. The van der Waals surface area contributed by atoms with E-state index in [2.05, 4.69) is 17.4 Å². The fourth-order valence-electron chi connectivity index (χ4n) is 3.36. The monoisotopic (exact) mass is 304 g/mol. The highest BCUT2D eigenvalue weighted by Crippen LogP contribution is 2.44. The van der Waals surface area contributed by atoms with Crippen LogP contribution in [0.3, 0.4) is 0 Å². The van der Waals surface area contributed by atoms with Gasteiger partial charge in [-0.25, -0.2) is 0 Å². The van der Waals surface area contributed by atoms with Crippen molar-refractivity contribution in [2.75, 3.05) is 34.3 Å². The number of rotatable bonds is 7. The van der Waals surface area contributed by atoms with E-state index in [1.807, 2.05) is 31.1 Å². The summed E-state index contributed by atoms with van der Waals surface area (Å²) in [5, 5.41) is 3.15. The Morgan fingerprint density at radius 1 is 1.27 bits per heavy atom. The number of amides is 1. The van der Waals surface area contributed by atoms with E-state index in [-0.39, 0.29) is 11.3 Å². The number of methoxy groups -OCH3 is 1. The van der Waals surface area contributed by atoms with E-state index in [4.69, 9.17) is 4.74 Å². The molecule has 0 bridgehead atoms. The number of hydrogen-bond acceptors (Lipinski definition) is 3.